The van der Waals surface area contributed by atoms with E-state index in [1.54, 1.807) is 109 Å². The smallest absolute Gasteiger partial charge is 0.408 e. The number of Topliss-reactive ketones (excluding diaryl/α,β-unsaturated/α-hetero) is 1. The molecular formula is C45H57NO14. The number of ketones is 1. The summed E-state index contributed by atoms with van der Waals surface area (Å²) in [5.41, 5.74) is -6.72. The second-order valence-corrected chi connectivity index (χ2v) is 18.0. The van der Waals surface area contributed by atoms with Gasteiger partial charge in [-0.2, -0.15) is 0 Å². The van der Waals surface area contributed by atoms with E-state index in [0.29, 0.717) is 11.1 Å². The first kappa shape index (κ1) is 44.9. The summed E-state index contributed by atoms with van der Waals surface area (Å²) in [6.07, 6.45) is -9.31. The predicted octanol–water partition coefficient (Wildman–Crippen LogP) is 4.57. The number of hydrogen-bond acceptors (Lipinski definition) is 14. The number of alkyl carbamates (subject to hydrolysis) is 1. The highest BCUT2D eigenvalue weighted by molar-refractivity contribution is 5.94. The third kappa shape index (κ3) is 7.52. The quantitative estimate of drug-likeness (QED) is 0.171. The van der Waals surface area contributed by atoms with Crippen molar-refractivity contribution in [2.24, 2.45) is 16.7 Å². The Kier molecular flexibility index (Phi) is 12.2. The van der Waals surface area contributed by atoms with Crippen LogP contribution in [-0.4, -0.2) is 114 Å². The topological polar surface area (TPSA) is 202 Å². The molecule has 3 aliphatic carbocycles. The number of ether oxygens (including phenoxy) is 7. The van der Waals surface area contributed by atoms with Crippen LogP contribution in [0.2, 0.25) is 0 Å². The van der Waals surface area contributed by atoms with Crippen LogP contribution in [0.4, 0.5) is 4.79 Å². The number of nitrogens with one attached hydrogen (secondary N) is 1. The Bertz CT molecular complexity index is 2010. The van der Waals surface area contributed by atoms with Crippen molar-refractivity contribution in [2.75, 3.05) is 20.8 Å². The number of benzene rings is 2. The van der Waals surface area contributed by atoms with E-state index in [2.05, 4.69) is 5.32 Å². The van der Waals surface area contributed by atoms with E-state index in [1.807, 2.05) is 0 Å². The fourth-order valence-electron chi connectivity index (χ4n) is 10.1. The Labute approximate surface area is 350 Å². The Morgan fingerprint density at radius 3 is 2.08 bits per heavy atom. The molecule has 0 unspecified atom stereocenters. The van der Waals surface area contributed by atoms with Crippen molar-refractivity contribution >= 4 is 29.8 Å². The SMILES string of the molecule is CO[C@H]1C(=O)[C@]2(C)[C@@H](OC)C[C@H]3OC[C@@]3(OC(C)=O)[C@H]2[C@H](OC(=O)c2ccccc2)[C@]2(O)C[C@H](OC(=O)[C@@H](O)[C@@H](NC(=O)OC(C)(C)C)c3ccccc3)C(C)=C1C2(C)C. The molecule has 4 aliphatic rings. The minimum absolute atomic E-state index is 0.121. The lowest BCUT2D eigenvalue weighted by Crippen LogP contribution is -2.82. The number of esters is 3. The van der Waals surface area contributed by atoms with E-state index in [1.165, 1.54) is 21.1 Å². The number of aliphatic hydroxyl groups is 2. The number of amides is 1. The summed E-state index contributed by atoms with van der Waals surface area (Å²) in [6.45, 7) is 12.7. The van der Waals surface area contributed by atoms with Crippen LogP contribution in [0.15, 0.2) is 71.8 Å². The number of methoxy groups -OCH3 is 2. The standard InChI is InChI=1S/C45H57NO14/c1-24-28(57-39(51)33(48)32(26-17-13-11-14-18-26)46-40(52)60-41(3,4)5)22-45(53)37(58-38(50)27-19-15-12-16-20-27)35-43(8,36(49)34(55-10)31(24)42(45,6)7)29(54-9)21-30-44(35,23-56-30)59-25(2)47/h11-20,28-30,32-35,37,48,53H,21-23H2,1-10H3,(H,46,52)/t28-,29-,30+,32-,33-,34+,35-,37-,43+,44-,45+/m0/s1. The van der Waals surface area contributed by atoms with Crippen molar-refractivity contribution in [2.45, 2.75) is 128 Å². The molecule has 1 amide bonds. The number of aliphatic hydroxyl groups excluding tert-OH is 1. The van der Waals surface area contributed by atoms with Crippen LogP contribution >= 0.6 is 0 Å². The molecule has 2 aromatic carbocycles. The third-order valence-electron chi connectivity index (χ3n) is 13.0. The summed E-state index contributed by atoms with van der Waals surface area (Å²) in [5.74, 6) is -4.52. The average molecular weight is 836 g/mol. The van der Waals surface area contributed by atoms with Crippen LogP contribution < -0.4 is 5.32 Å². The van der Waals surface area contributed by atoms with Crippen molar-refractivity contribution in [3.05, 3.63) is 82.9 Å². The van der Waals surface area contributed by atoms with Crippen molar-refractivity contribution < 1.29 is 67.3 Å². The number of hydrogen-bond donors (Lipinski definition) is 3. The van der Waals surface area contributed by atoms with Crippen LogP contribution in [0.3, 0.4) is 0 Å². The highest BCUT2D eigenvalue weighted by Gasteiger charge is 2.78. The molecular weight excluding hydrogens is 778 g/mol. The highest BCUT2D eigenvalue weighted by atomic mass is 16.6. The van der Waals surface area contributed by atoms with Crippen molar-refractivity contribution in [1.29, 1.82) is 0 Å². The average Bonchev–Trinajstić information content (AvgIpc) is 3.18. The van der Waals surface area contributed by atoms with Gasteiger partial charge < -0.3 is 48.7 Å². The van der Waals surface area contributed by atoms with Gasteiger partial charge in [0, 0.05) is 39.4 Å². The molecule has 3 fully saturated rings. The van der Waals surface area contributed by atoms with E-state index in [0.717, 1.165) is 0 Å². The predicted molar refractivity (Wildman–Crippen MR) is 213 cm³/mol. The maximum atomic E-state index is 15.5. The van der Waals surface area contributed by atoms with Gasteiger partial charge in [0.25, 0.3) is 0 Å². The lowest BCUT2D eigenvalue weighted by atomic mass is 9.44. The molecule has 2 aromatic rings. The van der Waals surface area contributed by atoms with Gasteiger partial charge >= 0.3 is 24.0 Å². The molecule has 15 nitrogen and oxygen atoms in total. The van der Waals surface area contributed by atoms with Gasteiger partial charge in [0.05, 0.1) is 35.6 Å². The summed E-state index contributed by atoms with van der Waals surface area (Å²) >= 11 is 0. The zero-order valence-corrected chi connectivity index (χ0v) is 35.8. The molecule has 2 saturated carbocycles. The van der Waals surface area contributed by atoms with E-state index < -0.39 is 112 Å². The zero-order chi connectivity index (χ0) is 44.2. The van der Waals surface area contributed by atoms with E-state index >= 15 is 4.79 Å². The van der Waals surface area contributed by atoms with E-state index in [9.17, 15) is 29.4 Å². The second-order valence-electron chi connectivity index (χ2n) is 18.0. The Morgan fingerprint density at radius 1 is 0.933 bits per heavy atom. The van der Waals surface area contributed by atoms with Gasteiger partial charge in [-0.3, -0.25) is 9.59 Å². The number of carbonyl (C=O) groups is 5. The van der Waals surface area contributed by atoms with Crippen LogP contribution in [0.5, 0.6) is 0 Å². The molecule has 0 spiro atoms. The van der Waals surface area contributed by atoms with Crippen LogP contribution in [0, 0.1) is 16.7 Å². The molecule has 3 N–H and O–H groups in total. The van der Waals surface area contributed by atoms with Crippen molar-refractivity contribution in [3.8, 4) is 0 Å². The molecule has 1 heterocycles. The molecule has 2 bridgehead atoms. The minimum atomic E-state index is -2.22. The molecule has 0 aromatic heterocycles. The van der Waals surface area contributed by atoms with Crippen molar-refractivity contribution in [1.82, 2.24) is 5.32 Å². The summed E-state index contributed by atoms with van der Waals surface area (Å²) in [5, 5.41) is 28.0. The van der Waals surface area contributed by atoms with Crippen molar-refractivity contribution in [3.63, 3.8) is 0 Å². The van der Waals surface area contributed by atoms with Gasteiger partial charge in [-0.1, -0.05) is 62.4 Å². The Morgan fingerprint density at radius 2 is 1.55 bits per heavy atom. The maximum absolute atomic E-state index is 15.5. The summed E-state index contributed by atoms with van der Waals surface area (Å²) in [7, 11) is 2.78. The fraction of sp³-hybridized carbons (Fsp3) is 0.578. The first-order valence-electron chi connectivity index (χ1n) is 20.1. The van der Waals surface area contributed by atoms with Crippen LogP contribution in [-0.2, 0) is 47.5 Å². The molecule has 11 atom stereocenters. The Balaban J connectivity index is 1.52. The second kappa shape index (κ2) is 16.3. The van der Waals surface area contributed by atoms with Gasteiger partial charge in [-0.15, -0.1) is 0 Å². The highest BCUT2D eigenvalue weighted by Crippen LogP contribution is 2.64. The lowest BCUT2D eigenvalue weighted by Gasteiger charge is -2.67. The largest absolute Gasteiger partial charge is 0.456 e. The van der Waals surface area contributed by atoms with Gasteiger partial charge in [-0.25, -0.2) is 14.4 Å². The lowest BCUT2D eigenvalue weighted by molar-refractivity contribution is -0.347. The molecule has 1 aliphatic heterocycles. The number of rotatable bonds is 10. The number of carbonyl (C=O) groups excluding carboxylic acids is 5. The van der Waals surface area contributed by atoms with Gasteiger partial charge in [0.15, 0.2) is 17.5 Å². The maximum Gasteiger partial charge on any atom is 0.408 e. The summed E-state index contributed by atoms with van der Waals surface area (Å²) in [4.78, 5) is 70.1. The third-order valence-corrected chi connectivity index (χ3v) is 13.0. The van der Waals surface area contributed by atoms with Gasteiger partial charge in [0.1, 0.15) is 35.6 Å². The molecule has 15 heteroatoms. The monoisotopic (exact) mass is 835 g/mol. The van der Waals surface area contributed by atoms with Gasteiger partial charge in [0.2, 0.25) is 0 Å². The minimum Gasteiger partial charge on any atom is -0.456 e. The zero-order valence-electron chi connectivity index (χ0n) is 35.8. The Hall–Kier alpha value is -4.67. The first-order chi connectivity index (χ1) is 28.1. The van der Waals surface area contributed by atoms with E-state index in [4.69, 9.17) is 33.2 Å². The molecule has 326 valence electrons. The normalized spacial score (nSPS) is 33.0. The van der Waals surface area contributed by atoms with E-state index in [-0.39, 0.29) is 24.2 Å². The molecule has 1 saturated heterocycles. The summed E-state index contributed by atoms with van der Waals surface area (Å²) < 4.78 is 42.4. The first-order valence-corrected chi connectivity index (χ1v) is 20.1. The fourth-order valence-corrected chi connectivity index (χ4v) is 10.1. The number of fused-ring (bicyclic) bond motifs is 5. The van der Waals surface area contributed by atoms with Crippen LogP contribution in [0.25, 0.3) is 0 Å². The van der Waals surface area contributed by atoms with Gasteiger partial charge in [-0.05, 0) is 63.5 Å². The molecule has 0 radical (unpaired) electrons. The molecule has 6 rings (SSSR count). The van der Waals surface area contributed by atoms with Crippen LogP contribution in [0.1, 0.15) is 90.2 Å². The molecule has 60 heavy (non-hydrogen) atoms. The summed E-state index contributed by atoms with van der Waals surface area (Å²) in [6, 6.07) is 15.1.